The molecule has 2 aromatic rings. The second kappa shape index (κ2) is 9.31. The van der Waals surface area contributed by atoms with Gasteiger partial charge in [-0.2, -0.15) is 0 Å². The highest BCUT2D eigenvalue weighted by Gasteiger charge is 2.12. The first-order valence-electron chi connectivity index (χ1n) is 8.83. The monoisotopic (exact) mass is 376 g/mol. The van der Waals surface area contributed by atoms with Crippen LogP contribution in [0.25, 0.3) is 0 Å². The number of nitrogens with zero attached hydrogens (tertiary/aromatic N) is 3. The summed E-state index contributed by atoms with van der Waals surface area (Å²) in [7, 11) is 0. The average molecular weight is 377 g/mol. The van der Waals surface area contributed by atoms with Crippen molar-refractivity contribution in [1.29, 1.82) is 0 Å². The molecule has 1 aromatic carbocycles. The summed E-state index contributed by atoms with van der Waals surface area (Å²) < 4.78 is 0.880. The molecule has 0 bridgehead atoms. The molecular formula is C18H24N4OS2. The molecule has 1 saturated heterocycles. The molecule has 0 atom stereocenters. The van der Waals surface area contributed by atoms with Gasteiger partial charge < -0.3 is 0 Å². The van der Waals surface area contributed by atoms with E-state index in [4.69, 9.17) is 0 Å². The van der Waals surface area contributed by atoms with E-state index in [-0.39, 0.29) is 5.91 Å². The summed E-state index contributed by atoms with van der Waals surface area (Å²) in [6, 6.07) is 7.90. The molecule has 25 heavy (non-hydrogen) atoms. The molecule has 1 fully saturated rings. The van der Waals surface area contributed by atoms with Gasteiger partial charge in [-0.1, -0.05) is 55.0 Å². The Balaban J connectivity index is 1.56. The molecule has 3 rings (SSSR count). The Bertz CT molecular complexity index is 679. The number of hydrogen-bond acceptors (Lipinski definition) is 6. The number of thioether (sulfide) groups is 1. The van der Waals surface area contributed by atoms with Crippen molar-refractivity contribution in [3.05, 3.63) is 35.4 Å². The molecule has 0 spiro atoms. The standard InChI is InChI=1S/C18H24N4OS2/c1-2-24-18-21-20-17(25-18)19-16(23)15-9-7-14(8-10-15)13-22-11-5-3-4-6-12-22/h7-10H,2-6,11-13H2,1H3,(H,19,20,23). The Morgan fingerprint density at radius 2 is 1.88 bits per heavy atom. The predicted molar refractivity (Wildman–Crippen MR) is 104 cm³/mol. The number of benzene rings is 1. The number of anilines is 1. The summed E-state index contributed by atoms with van der Waals surface area (Å²) in [5, 5.41) is 11.4. The fraction of sp³-hybridized carbons (Fsp3) is 0.500. The summed E-state index contributed by atoms with van der Waals surface area (Å²) in [6.45, 7) is 5.39. The number of hydrogen-bond donors (Lipinski definition) is 1. The van der Waals surface area contributed by atoms with Gasteiger partial charge >= 0.3 is 0 Å². The minimum absolute atomic E-state index is 0.134. The highest BCUT2D eigenvalue weighted by atomic mass is 32.2. The molecule has 134 valence electrons. The van der Waals surface area contributed by atoms with Crippen LogP contribution in [-0.4, -0.2) is 39.8 Å². The Kier molecular flexibility index (Phi) is 6.84. The van der Waals surface area contributed by atoms with E-state index in [0.717, 1.165) is 16.6 Å². The van der Waals surface area contributed by atoms with Crippen molar-refractivity contribution in [3.63, 3.8) is 0 Å². The summed E-state index contributed by atoms with van der Waals surface area (Å²) in [4.78, 5) is 14.8. The normalized spacial score (nSPS) is 15.7. The van der Waals surface area contributed by atoms with E-state index in [1.165, 1.54) is 55.7 Å². The Morgan fingerprint density at radius 3 is 2.56 bits per heavy atom. The first-order chi connectivity index (χ1) is 12.2. The van der Waals surface area contributed by atoms with Crippen LogP contribution < -0.4 is 5.32 Å². The van der Waals surface area contributed by atoms with Crippen LogP contribution in [-0.2, 0) is 6.54 Å². The second-order valence-corrected chi connectivity index (χ2v) is 8.64. The van der Waals surface area contributed by atoms with Crippen LogP contribution in [0.5, 0.6) is 0 Å². The lowest BCUT2D eigenvalue weighted by atomic mass is 10.1. The van der Waals surface area contributed by atoms with Crippen molar-refractivity contribution in [2.24, 2.45) is 0 Å². The van der Waals surface area contributed by atoms with Gasteiger partial charge in [-0.15, -0.1) is 10.2 Å². The third-order valence-electron chi connectivity index (χ3n) is 4.22. The van der Waals surface area contributed by atoms with Gasteiger partial charge in [-0.05, 0) is 49.4 Å². The maximum absolute atomic E-state index is 12.3. The molecule has 1 aliphatic rings. The SMILES string of the molecule is CCSc1nnc(NC(=O)c2ccc(CN3CCCCCC3)cc2)s1. The fourth-order valence-corrected chi connectivity index (χ4v) is 4.57. The third kappa shape index (κ3) is 5.52. The van der Waals surface area contributed by atoms with Crippen molar-refractivity contribution < 1.29 is 4.79 Å². The fourth-order valence-electron chi connectivity index (χ4n) is 2.93. The van der Waals surface area contributed by atoms with Crippen LogP contribution >= 0.6 is 23.1 Å². The molecule has 0 unspecified atom stereocenters. The van der Waals surface area contributed by atoms with Gasteiger partial charge in [0.2, 0.25) is 5.13 Å². The molecule has 0 aliphatic carbocycles. The summed E-state index contributed by atoms with van der Waals surface area (Å²) in [5.41, 5.74) is 1.91. The molecule has 7 heteroatoms. The molecule has 0 saturated carbocycles. The van der Waals surface area contributed by atoms with E-state index in [0.29, 0.717) is 10.7 Å². The largest absolute Gasteiger partial charge is 0.299 e. The van der Waals surface area contributed by atoms with Crippen LogP contribution in [0.1, 0.15) is 48.5 Å². The number of nitrogens with one attached hydrogen (secondary N) is 1. The minimum Gasteiger partial charge on any atom is -0.299 e. The number of likely N-dealkylation sites (tertiary alicyclic amines) is 1. The number of carbonyl (C=O) groups excluding carboxylic acids is 1. The molecule has 5 nitrogen and oxygen atoms in total. The minimum atomic E-state index is -0.134. The van der Waals surface area contributed by atoms with E-state index in [1.54, 1.807) is 11.8 Å². The lowest BCUT2D eigenvalue weighted by molar-refractivity contribution is 0.102. The zero-order valence-electron chi connectivity index (χ0n) is 14.5. The number of aromatic nitrogens is 2. The molecule has 1 N–H and O–H groups in total. The van der Waals surface area contributed by atoms with E-state index in [1.807, 2.05) is 12.1 Å². The highest BCUT2D eigenvalue weighted by Crippen LogP contribution is 2.25. The molecule has 1 amide bonds. The van der Waals surface area contributed by atoms with Crippen LogP contribution in [0.15, 0.2) is 28.6 Å². The maximum Gasteiger partial charge on any atom is 0.257 e. The van der Waals surface area contributed by atoms with Gasteiger partial charge in [0.1, 0.15) is 0 Å². The molecule has 1 aliphatic heterocycles. The summed E-state index contributed by atoms with van der Waals surface area (Å²) in [5.74, 6) is 0.812. The predicted octanol–water partition coefficient (Wildman–Crippen LogP) is 4.28. The molecule has 0 radical (unpaired) electrons. The molecule has 1 aromatic heterocycles. The van der Waals surface area contributed by atoms with Crippen molar-refractivity contribution >= 4 is 34.1 Å². The maximum atomic E-state index is 12.3. The topological polar surface area (TPSA) is 58.1 Å². The van der Waals surface area contributed by atoms with Crippen molar-refractivity contribution in [2.45, 2.75) is 43.5 Å². The van der Waals surface area contributed by atoms with Gasteiger partial charge in [0.25, 0.3) is 5.91 Å². The molecule has 2 heterocycles. The van der Waals surface area contributed by atoms with Crippen LogP contribution in [0.3, 0.4) is 0 Å². The van der Waals surface area contributed by atoms with Crippen molar-refractivity contribution in [3.8, 4) is 0 Å². The first-order valence-corrected chi connectivity index (χ1v) is 10.6. The first kappa shape index (κ1) is 18.4. The quantitative estimate of drug-likeness (QED) is 0.602. The van der Waals surface area contributed by atoms with Crippen LogP contribution in [0, 0.1) is 0 Å². The van der Waals surface area contributed by atoms with E-state index < -0.39 is 0 Å². The van der Waals surface area contributed by atoms with E-state index in [9.17, 15) is 4.79 Å². The van der Waals surface area contributed by atoms with Crippen molar-refractivity contribution in [2.75, 3.05) is 24.2 Å². The average Bonchev–Trinajstić information content (AvgIpc) is 2.89. The lowest BCUT2D eigenvalue weighted by Gasteiger charge is -2.19. The van der Waals surface area contributed by atoms with E-state index >= 15 is 0 Å². The number of amides is 1. The Labute approximate surface area is 157 Å². The Hall–Kier alpha value is -1.44. The van der Waals surface area contributed by atoms with Gasteiger partial charge in [0.05, 0.1) is 0 Å². The summed E-state index contributed by atoms with van der Waals surface area (Å²) >= 11 is 3.04. The molecular weight excluding hydrogens is 352 g/mol. The lowest BCUT2D eigenvalue weighted by Crippen LogP contribution is -2.24. The van der Waals surface area contributed by atoms with Gasteiger partial charge in [-0.3, -0.25) is 15.0 Å². The van der Waals surface area contributed by atoms with E-state index in [2.05, 4.69) is 39.5 Å². The van der Waals surface area contributed by atoms with Crippen molar-refractivity contribution in [1.82, 2.24) is 15.1 Å². The van der Waals surface area contributed by atoms with Gasteiger partial charge in [-0.25, -0.2) is 0 Å². The second-order valence-electron chi connectivity index (χ2n) is 6.15. The zero-order valence-corrected chi connectivity index (χ0v) is 16.2. The van der Waals surface area contributed by atoms with Gasteiger partial charge in [0, 0.05) is 12.1 Å². The zero-order chi connectivity index (χ0) is 17.5. The highest BCUT2D eigenvalue weighted by molar-refractivity contribution is 8.01. The van der Waals surface area contributed by atoms with Crippen LogP contribution in [0.2, 0.25) is 0 Å². The third-order valence-corrected chi connectivity index (χ3v) is 6.07. The summed E-state index contributed by atoms with van der Waals surface area (Å²) in [6.07, 6.45) is 5.28. The van der Waals surface area contributed by atoms with Crippen LogP contribution in [0.4, 0.5) is 5.13 Å². The number of carbonyl (C=O) groups is 1. The Morgan fingerprint density at radius 1 is 1.16 bits per heavy atom. The van der Waals surface area contributed by atoms with Gasteiger partial charge in [0.15, 0.2) is 4.34 Å². The number of rotatable bonds is 6. The smallest absolute Gasteiger partial charge is 0.257 e.